The highest BCUT2D eigenvalue weighted by Gasteiger charge is 2.34. The van der Waals surface area contributed by atoms with Gasteiger partial charge in [-0.05, 0) is 17.2 Å². The van der Waals surface area contributed by atoms with Crippen molar-refractivity contribution in [2.24, 2.45) is 0 Å². The van der Waals surface area contributed by atoms with Crippen molar-refractivity contribution >= 4 is 6.08 Å². The molecule has 1 aromatic carbocycles. The minimum Gasteiger partial charge on any atom is -0.379 e. The third-order valence-electron chi connectivity index (χ3n) is 3.00. The summed E-state index contributed by atoms with van der Waals surface area (Å²) in [5, 5.41) is 17.3. The van der Waals surface area contributed by atoms with Crippen LogP contribution in [0.4, 0.5) is 0 Å². The van der Waals surface area contributed by atoms with Gasteiger partial charge >= 0.3 is 0 Å². The molecule has 2 rings (SSSR count). The zero-order valence-electron chi connectivity index (χ0n) is 9.60. The molecule has 3 heteroatoms. The summed E-state index contributed by atoms with van der Waals surface area (Å²) < 4.78 is 5.22. The Labute approximate surface area is 101 Å². The molecule has 1 aliphatic heterocycles. The van der Waals surface area contributed by atoms with E-state index in [-0.39, 0.29) is 11.0 Å². The fraction of sp³-hybridized carbons (Fsp3) is 0.286. The Morgan fingerprint density at radius 2 is 1.82 bits per heavy atom. The molecule has 1 heterocycles. The fourth-order valence-corrected chi connectivity index (χ4v) is 1.81. The van der Waals surface area contributed by atoms with Crippen LogP contribution in [0, 0.1) is 22.7 Å². The quantitative estimate of drug-likeness (QED) is 0.725. The zero-order valence-corrected chi connectivity index (χ0v) is 9.60. The van der Waals surface area contributed by atoms with E-state index in [0.29, 0.717) is 0 Å². The smallest absolute Gasteiger partial charge is 0.130 e. The molecular formula is C14H12N2O. The van der Waals surface area contributed by atoms with Gasteiger partial charge in [0.05, 0.1) is 13.2 Å². The summed E-state index contributed by atoms with van der Waals surface area (Å²) in [6, 6.07) is 11.6. The monoisotopic (exact) mass is 224 g/mol. The van der Waals surface area contributed by atoms with E-state index in [2.05, 4.69) is 6.92 Å². The van der Waals surface area contributed by atoms with Crippen LogP contribution in [-0.2, 0) is 10.2 Å². The summed E-state index contributed by atoms with van der Waals surface area (Å²) >= 11 is 0. The molecule has 17 heavy (non-hydrogen) atoms. The molecule has 3 nitrogen and oxygen atoms in total. The van der Waals surface area contributed by atoms with Gasteiger partial charge in [0.2, 0.25) is 0 Å². The van der Waals surface area contributed by atoms with Crippen molar-refractivity contribution in [3.8, 4) is 12.1 Å². The van der Waals surface area contributed by atoms with Gasteiger partial charge < -0.3 is 4.74 Å². The van der Waals surface area contributed by atoms with E-state index in [4.69, 9.17) is 15.3 Å². The fourth-order valence-electron chi connectivity index (χ4n) is 1.81. The van der Waals surface area contributed by atoms with Crippen LogP contribution in [0.5, 0.6) is 0 Å². The van der Waals surface area contributed by atoms with Crippen molar-refractivity contribution in [1.82, 2.24) is 0 Å². The van der Waals surface area contributed by atoms with Crippen LogP contribution in [0.1, 0.15) is 18.1 Å². The lowest BCUT2D eigenvalue weighted by Gasteiger charge is -2.38. The van der Waals surface area contributed by atoms with Crippen LogP contribution in [0.15, 0.2) is 29.8 Å². The molecule has 1 saturated heterocycles. The summed E-state index contributed by atoms with van der Waals surface area (Å²) in [5.74, 6) is 0. The standard InChI is InChI=1S/C14H12N2O/c1-14(9-17-10-14)13-4-2-11(3-5-13)6-12(7-15)8-16/h2-6H,9-10H2,1H3. The van der Waals surface area contributed by atoms with Crippen LogP contribution < -0.4 is 0 Å². The number of allylic oxidation sites excluding steroid dienone is 1. The molecule has 0 spiro atoms. The molecule has 0 saturated carbocycles. The van der Waals surface area contributed by atoms with Crippen molar-refractivity contribution in [2.45, 2.75) is 12.3 Å². The molecular weight excluding hydrogens is 212 g/mol. The highest BCUT2D eigenvalue weighted by Crippen LogP contribution is 2.31. The Balaban J connectivity index is 2.23. The van der Waals surface area contributed by atoms with Gasteiger partial charge in [-0.25, -0.2) is 0 Å². The summed E-state index contributed by atoms with van der Waals surface area (Å²) in [6.07, 6.45) is 1.59. The topological polar surface area (TPSA) is 56.8 Å². The first kappa shape index (κ1) is 11.4. The van der Waals surface area contributed by atoms with Crippen LogP contribution in [-0.4, -0.2) is 13.2 Å². The largest absolute Gasteiger partial charge is 0.379 e. The molecule has 1 aliphatic rings. The van der Waals surface area contributed by atoms with Gasteiger partial charge in [-0.2, -0.15) is 10.5 Å². The van der Waals surface area contributed by atoms with Crippen molar-refractivity contribution < 1.29 is 4.74 Å². The molecule has 0 aliphatic carbocycles. The Morgan fingerprint density at radius 1 is 1.24 bits per heavy atom. The van der Waals surface area contributed by atoms with E-state index in [1.165, 1.54) is 5.56 Å². The number of nitriles is 2. The van der Waals surface area contributed by atoms with Gasteiger partial charge in [-0.15, -0.1) is 0 Å². The maximum atomic E-state index is 8.66. The third-order valence-corrected chi connectivity index (χ3v) is 3.00. The predicted octanol–water partition coefficient (Wildman–Crippen LogP) is 2.41. The number of nitrogens with zero attached hydrogens (tertiary/aromatic N) is 2. The minimum absolute atomic E-state index is 0.121. The van der Waals surface area contributed by atoms with Crippen molar-refractivity contribution in [3.63, 3.8) is 0 Å². The maximum Gasteiger partial charge on any atom is 0.130 e. The predicted molar refractivity (Wildman–Crippen MR) is 63.8 cm³/mol. The SMILES string of the molecule is CC1(c2ccc(C=C(C#N)C#N)cc2)COC1. The van der Waals surface area contributed by atoms with Gasteiger partial charge in [-0.3, -0.25) is 0 Å². The van der Waals surface area contributed by atoms with Gasteiger partial charge in [0.15, 0.2) is 0 Å². The summed E-state index contributed by atoms with van der Waals surface area (Å²) in [7, 11) is 0. The molecule has 0 N–H and O–H groups in total. The summed E-state index contributed by atoms with van der Waals surface area (Å²) in [6.45, 7) is 3.67. The van der Waals surface area contributed by atoms with E-state index in [1.54, 1.807) is 6.08 Å². The Hall–Kier alpha value is -2.10. The second-order valence-corrected chi connectivity index (χ2v) is 4.46. The van der Waals surface area contributed by atoms with E-state index in [9.17, 15) is 0 Å². The number of benzene rings is 1. The molecule has 1 fully saturated rings. The number of hydrogen-bond acceptors (Lipinski definition) is 3. The molecule has 0 bridgehead atoms. The van der Waals surface area contributed by atoms with Gasteiger partial charge in [-0.1, -0.05) is 31.2 Å². The third kappa shape index (κ3) is 2.20. The molecule has 0 atom stereocenters. The summed E-state index contributed by atoms with van der Waals surface area (Å²) in [4.78, 5) is 0. The van der Waals surface area contributed by atoms with E-state index >= 15 is 0 Å². The lowest BCUT2D eigenvalue weighted by Crippen LogP contribution is -2.43. The number of ether oxygens (including phenoxy) is 1. The second kappa shape index (κ2) is 4.41. The van der Waals surface area contributed by atoms with Crippen molar-refractivity contribution in [3.05, 3.63) is 41.0 Å². The Morgan fingerprint density at radius 3 is 2.24 bits per heavy atom. The normalized spacial score (nSPS) is 16.2. The van der Waals surface area contributed by atoms with Crippen LogP contribution in [0.3, 0.4) is 0 Å². The highest BCUT2D eigenvalue weighted by molar-refractivity contribution is 5.62. The average molecular weight is 224 g/mol. The highest BCUT2D eigenvalue weighted by atomic mass is 16.5. The van der Waals surface area contributed by atoms with Gasteiger partial charge in [0.25, 0.3) is 0 Å². The number of rotatable bonds is 2. The van der Waals surface area contributed by atoms with Crippen molar-refractivity contribution in [1.29, 1.82) is 10.5 Å². The van der Waals surface area contributed by atoms with Gasteiger partial charge in [0, 0.05) is 5.41 Å². The first-order chi connectivity index (χ1) is 8.18. The minimum atomic E-state index is 0.121. The van der Waals surface area contributed by atoms with Gasteiger partial charge in [0.1, 0.15) is 17.7 Å². The van der Waals surface area contributed by atoms with Crippen LogP contribution in [0.25, 0.3) is 6.08 Å². The van der Waals surface area contributed by atoms with Crippen molar-refractivity contribution in [2.75, 3.05) is 13.2 Å². The molecule has 1 aromatic rings. The van der Waals surface area contributed by atoms with E-state index < -0.39 is 0 Å². The first-order valence-corrected chi connectivity index (χ1v) is 5.38. The molecule has 84 valence electrons. The summed E-state index contributed by atoms with van der Waals surface area (Å²) in [5.41, 5.74) is 2.35. The first-order valence-electron chi connectivity index (χ1n) is 5.38. The van der Waals surface area contributed by atoms with Crippen LogP contribution >= 0.6 is 0 Å². The molecule has 0 unspecified atom stereocenters. The van der Waals surface area contributed by atoms with E-state index in [1.807, 2.05) is 36.4 Å². The molecule has 0 amide bonds. The maximum absolute atomic E-state index is 8.66. The average Bonchev–Trinajstić information content (AvgIpc) is 2.34. The zero-order chi connectivity index (χ0) is 12.3. The second-order valence-electron chi connectivity index (χ2n) is 4.46. The number of hydrogen-bond donors (Lipinski definition) is 0. The lowest BCUT2D eigenvalue weighted by molar-refractivity contribution is -0.0500. The molecule has 0 radical (unpaired) electrons. The Kier molecular flexibility index (Phi) is 2.95. The van der Waals surface area contributed by atoms with E-state index in [0.717, 1.165) is 18.8 Å². The molecule has 0 aromatic heterocycles. The van der Waals surface area contributed by atoms with Crippen LogP contribution in [0.2, 0.25) is 0 Å². The Bertz CT molecular complexity index is 509. The lowest BCUT2D eigenvalue weighted by atomic mass is 9.80.